The molecule has 1 N–H and O–H groups in total. The molecule has 1 aromatic rings. The lowest BCUT2D eigenvalue weighted by Gasteiger charge is -2.38. The second kappa shape index (κ2) is 7.09. The molecule has 1 heterocycles. The third-order valence-corrected chi connectivity index (χ3v) is 4.56. The van der Waals surface area contributed by atoms with Crippen molar-refractivity contribution in [1.82, 2.24) is 10.2 Å². The number of likely N-dealkylation sites (tertiary alicyclic amines) is 1. The highest BCUT2D eigenvalue weighted by molar-refractivity contribution is 5.29. The van der Waals surface area contributed by atoms with Gasteiger partial charge in [-0.25, -0.2) is 0 Å². The van der Waals surface area contributed by atoms with Crippen molar-refractivity contribution < 1.29 is 4.74 Å². The van der Waals surface area contributed by atoms with Crippen LogP contribution in [0.5, 0.6) is 5.75 Å². The maximum atomic E-state index is 5.23. The van der Waals surface area contributed by atoms with E-state index < -0.39 is 0 Å². The number of rotatable bonds is 5. The molecule has 0 aliphatic carbocycles. The van der Waals surface area contributed by atoms with E-state index in [1.165, 1.54) is 24.9 Å². The molecule has 1 aromatic carbocycles. The van der Waals surface area contributed by atoms with Crippen LogP contribution < -0.4 is 10.1 Å². The highest BCUT2D eigenvalue weighted by atomic mass is 16.5. The Hall–Kier alpha value is -1.06. The Morgan fingerprint density at radius 3 is 2.55 bits per heavy atom. The monoisotopic (exact) mass is 276 g/mol. The predicted molar refractivity (Wildman–Crippen MR) is 84.2 cm³/mol. The molecule has 1 saturated heterocycles. The van der Waals surface area contributed by atoms with Crippen LogP contribution in [0.2, 0.25) is 0 Å². The van der Waals surface area contributed by atoms with E-state index in [9.17, 15) is 0 Å². The number of methoxy groups -OCH3 is 1. The van der Waals surface area contributed by atoms with Gasteiger partial charge in [-0.05, 0) is 57.0 Å². The molecule has 0 radical (unpaired) electrons. The zero-order chi connectivity index (χ0) is 14.5. The quantitative estimate of drug-likeness (QED) is 0.894. The molecule has 1 fully saturated rings. The number of hydrogen-bond donors (Lipinski definition) is 1. The van der Waals surface area contributed by atoms with Gasteiger partial charge >= 0.3 is 0 Å². The SMILES string of the molecule is CNC(CN1CCC(C)CC1C)c1ccc(OC)cc1. The molecule has 3 atom stereocenters. The van der Waals surface area contributed by atoms with Crippen LogP contribution in [0.3, 0.4) is 0 Å². The van der Waals surface area contributed by atoms with Gasteiger partial charge in [-0.2, -0.15) is 0 Å². The third-order valence-electron chi connectivity index (χ3n) is 4.56. The molecule has 3 nitrogen and oxygen atoms in total. The van der Waals surface area contributed by atoms with Crippen molar-refractivity contribution in [3.05, 3.63) is 29.8 Å². The molecule has 0 amide bonds. The normalized spacial score (nSPS) is 25.4. The summed E-state index contributed by atoms with van der Waals surface area (Å²) in [6, 6.07) is 9.49. The van der Waals surface area contributed by atoms with Gasteiger partial charge in [-0.1, -0.05) is 19.1 Å². The minimum absolute atomic E-state index is 0.386. The fourth-order valence-corrected chi connectivity index (χ4v) is 3.16. The average Bonchev–Trinajstić information content (AvgIpc) is 2.47. The fourth-order valence-electron chi connectivity index (χ4n) is 3.16. The van der Waals surface area contributed by atoms with E-state index in [0.29, 0.717) is 12.1 Å². The van der Waals surface area contributed by atoms with Crippen LogP contribution in [-0.4, -0.2) is 38.2 Å². The Bertz CT molecular complexity index is 404. The average molecular weight is 276 g/mol. The number of ether oxygens (including phenoxy) is 1. The summed E-state index contributed by atoms with van der Waals surface area (Å²) in [6.07, 6.45) is 2.64. The van der Waals surface area contributed by atoms with Gasteiger partial charge in [0.25, 0.3) is 0 Å². The lowest BCUT2D eigenvalue weighted by Crippen LogP contribution is -2.44. The van der Waals surface area contributed by atoms with E-state index in [4.69, 9.17) is 4.74 Å². The van der Waals surface area contributed by atoms with Crippen molar-refractivity contribution in [3.8, 4) is 5.75 Å². The summed E-state index contributed by atoms with van der Waals surface area (Å²) in [4.78, 5) is 2.62. The molecule has 0 bridgehead atoms. The molecule has 3 heteroatoms. The molecular weight excluding hydrogens is 248 g/mol. The summed E-state index contributed by atoms with van der Waals surface area (Å²) >= 11 is 0. The molecule has 1 aliphatic rings. The zero-order valence-corrected chi connectivity index (χ0v) is 13.2. The van der Waals surface area contributed by atoms with E-state index in [-0.39, 0.29) is 0 Å². The topological polar surface area (TPSA) is 24.5 Å². The Balaban J connectivity index is 2.00. The summed E-state index contributed by atoms with van der Waals surface area (Å²) in [5.41, 5.74) is 1.33. The molecule has 0 saturated carbocycles. The molecule has 20 heavy (non-hydrogen) atoms. The van der Waals surface area contributed by atoms with Gasteiger partial charge in [0, 0.05) is 18.6 Å². The Labute approximate surface area is 123 Å². The Kier molecular flexibility index (Phi) is 5.44. The number of benzene rings is 1. The van der Waals surface area contributed by atoms with Crippen molar-refractivity contribution in [2.75, 3.05) is 27.2 Å². The maximum Gasteiger partial charge on any atom is 0.118 e. The van der Waals surface area contributed by atoms with E-state index in [2.05, 4.69) is 36.2 Å². The van der Waals surface area contributed by atoms with Gasteiger partial charge in [0.15, 0.2) is 0 Å². The summed E-state index contributed by atoms with van der Waals surface area (Å²) in [7, 11) is 3.76. The van der Waals surface area contributed by atoms with Crippen molar-refractivity contribution in [3.63, 3.8) is 0 Å². The van der Waals surface area contributed by atoms with Crippen molar-refractivity contribution in [1.29, 1.82) is 0 Å². The van der Waals surface area contributed by atoms with Crippen LogP contribution in [-0.2, 0) is 0 Å². The van der Waals surface area contributed by atoms with Gasteiger partial charge in [-0.3, -0.25) is 4.90 Å². The first kappa shape index (κ1) is 15.3. The lowest BCUT2D eigenvalue weighted by molar-refractivity contribution is 0.118. The van der Waals surface area contributed by atoms with Crippen LogP contribution >= 0.6 is 0 Å². The molecule has 112 valence electrons. The Morgan fingerprint density at radius 2 is 2.00 bits per heavy atom. The molecule has 2 rings (SSSR count). The van der Waals surface area contributed by atoms with E-state index in [1.807, 2.05) is 19.2 Å². The smallest absolute Gasteiger partial charge is 0.118 e. The molecule has 0 spiro atoms. The number of hydrogen-bond acceptors (Lipinski definition) is 3. The lowest BCUT2D eigenvalue weighted by atomic mass is 9.92. The number of piperidine rings is 1. The van der Waals surface area contributed by atoms with Crippen LogP contribution in [0.1, 0.15) is 38.3 Å². The predicted octanol–water partition coefficient (Wildman–Crippen LogP) is 3.08. The number of nitrogens with zero attached hydrogens (tertiary/aromatic N) is 1. The fraction of sp³-hybridized carbons (Fsp3) is 0.647. The van der Waals surface area contributed by atoms with E-state index >= 15 is 0 Å². The van der Waals surface area contributed by atoms with E-state index in [1.54, 1.807) is 7.11 Å². The highest BCUT2D eigenvalue weighted by Crippen LogP contribution is 2.25. The van der Waals surface area contributed by atoms with E-state index in [0.717, 1.165) is 18.2 Å². The second-order valence-corrected chi connectivity index (χ2v) is 6.09. The first-order chi connectivity index (χ1) is 9.63. The number of nitrogens with one attached hydrogen (secondary N) is 1. The summed E-state index contributed by atoms with van der Waals surface area (Å²) in [5.74, 6) is 1.79. The van der Waals surface area contributed by atoms with Crippen LogP contribution in [0, 0.1) is 5.92 Å². The highest BCUT2D eigenvalue weighted by Gasteiger charge is 2.25. The molecule has 0 aromatic heterocycles. The minimum atomic E-state index is 0.386. The van der Waals surface area contributed by atoms with Crippen molar-refractivity contribution in [2.24, 2.45) is 5.92 Å². The maximum absolute atomic E-state index is 5.23. The zero-order valence-electron chi connectivity index (χ0n) is 13.2. The largest absolute Gasteiger partial charge is 0.497 e. The van der Waals surface area contributed by atoms with Gasteiger partial charge in [-0.15, -0.1) is 0 Å². The molecule has 1 aliphatic heterocycles. The minimum Gasteiger partial charge on any atom is -0.497 e. The van der Waals surface area contributed by atoms with Crippen LogP contribution in [0.25, 0.3) is 0 Å². The van der Waals surface area contributed by atoms with Gasteiger partial charge in [0.2, 0.25) is 0 Å². The van der Waals surface area contributed by atoms with Crippen molar-refractivity contribution >= 4 is 0 Å². The number of likely N-dealkylation sites (N-methyl/N-ethyl adjacent to an activating group) is 1. The summed E-state index contributed by atoms with van der Waals surface area (Å²) in [5, 5.41) is 3.45. The first-order valence-corrected chi connectivity index (χ1v) is 7.69. The second-order valence-electron chi connectivity index (χ2n) is 6.09. The van der Waals surface area contributed by atoms with Crippen LogP contribution in [0.4, 0.5) is 0 Å². The Morgan fingerprint density at radius 1 is 1.30 bits per heavy atom. The molecule has 3 unspecified atom stereocenters. The van der Waals surface area contributed by atoms with Gasteiger partial charge < -0.3 is 10.1 Å². The third kappa shape index (κ3) is 3.74. The summed E-state index contributed by atoms with van der Waals surface area (Å²) < 4.78 is 5.23. The standard InChI is InChI=1S/C17H28N2O/c1-13-9-10-19(14(2)11-13)12-17(18-3)15-5-7-16(20-4)8-6-15/h5-8,13-14,17-18H,9-12H2,1-4H3. The van der Waals surface area contributed by atoms with Gasteiger partial charge in [0.05, 0.1) is 7.11 Å². The van der Waals surface area contributed by atoms with Gasteiger partial charge in [0.1, 0.15) is 5.75 Å². The van der Waals surface area contributed by atoms with Crippen LogP contribution in [0.15, 0.2) is 24.3 Å². The summed E-state index contributed by atoms with van der Waals surface area (Å²) in [6.45, 7) is 7.02. The van der Waals surface area contributed by atoms with Crippen molar-refractivity contribution in [2.45, 2.75) is 38.8 Å². The first-order valence-electron chi connectivity index (χ1n) is 7.69. The molecular formula is C17H28N2O.